The summed E-state index contributed by atoms with van der Waals surface area (Å²) >= 11 is 0. The molecule has 1 atom stereocenters. The molecular formula is C32H41N3O3. The molecule has 6 heteroatoms. The zero-order valence-corrected chi connectivity index (χ0v) is 23.5. The van der Waals surface area contributed by atoms with Gasteiger partial charge in [-0.2, -0.15) is 0 Å². The average molecular weight is 516 g/mol. The van der Waals surface area contributed by atoms with Crippen molar-refractivity contribution in [3.8, 4) is 0 Å². The van der Waals surface area contributed by atoms with Crippen molar-refractivity contribution in [2.75, 3.05) is 29.4 Å². The monoisotopic (exact) mass is 515 g/mol. The molecule has 2 aromatic carbocycles. The van der Waals surface area contributed by atoms with E-state index in [0.717, 1.165) is 42.9 Å². The quantitative estimate of drug-likeness (QED) is 0.461. The molecule has 1 saturated carbocycles. The van der Waals surface area contributed by atoms with E-state index < -0.39 is 5.60 Å². The Labute approximate surface area is 227 Å². The number of anilines is 2. The van der Waals surface area contributed by atoms with Crippen LogP contribution in [0.1, 0.15) is 70.6 Å². The molecule has 0 unspecified atom stereocenters. The van der Waals surface area contributed by atoms with Gasteiger partial charge in [0.05, 0.1) is 17.4 Å². The molecule has 0 radical (unpaired) electrons. The van der Waals surface area contributed by atoms with Crippen molar-refractivity contribution in [3.05, 3.63) is 65.2 Å². The van der Waals surface area contributed by atoms with E-state index in [4.69, 9.17) is 4.74 Å². The van der Waals surface area contributed by atoms with Crippen LogP contribution in [0.5, 0.6) is 0 Å². The van der Waals surface area contributed by atoms with Gasteiger partial charge in [0, 0.05) is 33.1 Å². The number of amides is 2. The highest BCUT2D eigenvalue weighted by molar-refractivity contribution is 5.98. The summed E-state index contributed by atoms with van der Waals surface area (Å²) in [6.45, 7) is 12.5. The molecule has 202 valence electrons. The van der Waals surface area contributed by atoms with Gasteiger partial charge in [-0.3, -0.25) is 4.79 Å². The Morgan fingerprint density at radius 3 is 2.37 bits per heavy atom. The summed E-state index contributed by atoms with van der Waals surface area (Å²) in [7, 11) is 0. The third-order valence-electron chi connectivity index (χ3n) is 7.91. The van der Waals surface area contributed by atoms with Gasteiger partial charge >= 0.3 is 6.09 Å². The fraction of sp³-hybridized carbons (Fsp3) is 0.500. The molecular weight excluding hydrogens is 474 g/mol. The van der Waals surface area contributed by atoms with Gasteiger partial charge in [-0.15, -0.1) is 0 Å². The second-order valence-electron chi connectivity index (χ2n) is 11.9. The first-order valence-corrected chi connectivity index (χ1v) is 14.1. The van der Waals surface area contributed by atoms with Crippen molar-refractivity contribution < 1.29 is 14.3 Å². The minimum atomic E-state index is -0.500. The predicted octanol–water partition coefficient (Wildman–Crippen LogP) is 6.42. The van der Waals surface area contributed by atoms with Crippen molar-refractivity contribution in [1.82, 2.24) is 4.90 Å². The number of fused-ring (bicyclic) bond motifs is 1. The fourth-order valence-corrected chi connectivity index (χ4v) is 5.84. The molecule has 2 amide bonds. The third kappa shape index (κ3) is 5.59. The SMILES string of the molecule is CCc1ccccc1CN1C[C@H](C2CC2)N(C(C)=O)c2ccc(C3=CCN(C(=O)OC(C)(C)C)CC3)cc21. The Kier molecular flexibility index (Phi) is 7.26. The summed E-state index contributed by atoms with van der Waals surface area (Å²) in [4.78, 5) is 31.7. The number of hydrogen-bond donors (Lipinski definition) is 0. The molecule has 5 rings (SSSR count). The summed E-state index contributed by atoms with van der Waals surface area (Å²) in [5.74, 6) is 0.699. The highest BCUT2D eigenvalue weighted by atomic mass is 16.6. The summed E-state index contributed by atoms with van der Waals surface area (Å²) in [6.07, 6.45) is 6.05. The van der Waals surface area contributed by atoms with Crippen molar-refractivity contribution in [2.45, 2.75) is 78.5 Å². The van der Waals surface area contributed by atoms with Gasteiger partial charge < -0.3 is 19.4 Å². The zero-order chi connectivity index (χ0) is 27.0. The molecule has 38 heavy (non-hydrogen) atoms. The van der Waals surface area contributed by atoms with Crippen LogP contribution in [0.2, 0.25) is 0 Å². The first kappa shape index (κ1) is 26.3. The van der Waals surface area contributed by atoms with Gasteiger partial charge in [0.1, 0.15) is 5.60 Å². The number of aryl methyl sites for hydroxylation is 1. The molecule has 0 aromatic heterocycles. The number of benzene rings is 2. The number of ether oxygens (including phenoxy) is 1. The lowest BCUT2D eigenvalue weighted by molar-refractivity contribution is -0.117. The Morgan fingerprint density at radius 1 is 1.03 bits per heavy atom. The van der Waals surface area contributed by atoms with Crippen LogP contribution in [0.4, 0.5) is 16.2 Å². The second kappa shape index (κ2) is 10.5. The lowest BCUT2D eigenvalue weighted by Crippen LogP contribution is -2.52. The van der Waals surface area contributed by atoms with Crippen molar-refractivity contribution in [1.29, 1.82) is 0 Å². The fourth-order valence-electron chi connectivity index (χ4n) is 5.84. The third-order valence-corrected chi connectivity index (χ3v) is 7.91. The van der Waals surface area contributed by atoms with Crippen LogP contribution in [-0.4, -0.2) is 48.2 Å². The first-order valence-electron chi connectivity index (χ1n) is 14.1. The van der Waals surface area contributed by atoms with Crippen LogP contribution in [0.3, 0.4) is 0 Å². The molecule has 1 aliphatic carbocycles. The highest BCUT2D eigenvalue weighted by Crippen LogP contribution is 2.45. The van der Waals surface area contributed by atoms with Gasteiger partial charge in [-0.25, -0.2) is 4.79 Å². The normalized spacial score (nSPS) is 19.7. The molecule has 2 heterocycles. The van der Waals surface area contributed by atoms with Crippen molar-refractivity contribution in [3.63, 3.8) is 0 Å². The molecule has 6 nitrogen and oxygen atoms in total. The first-order chi connectivity index (χ1) is 18.1. The van der Waals surface area contributed by atoms with E-state index in [2.05, 4.69) is 65.3 Å². The van der Waals surface area contributed by atoms with Gasteiger partial charge in [0.15, 0.2) is 0 Å². The van der Waals surface area contributed by atoms with Crippen molar-refractivity contribution in [2.24, 2.45) is 5.92 Å². The Morgan fingerprint density at radius 2 is 1.76 bits per heavy atom. The van der Waals surface area contributed by atoms with Crippen LogP contribution in [0, 0.1) is 5.92 Å². The highest BCUT2D eigenvalue weighted by Gasteiger charge is 2.42. The predicted molar refractivity (Wildman–Crippen MR) is 153 cm³/mol. The maximum Gasteiger partial charge on any atom is 0.410 e. The van der Waals surface area contributed by atoms with Gasteiger partial charge in [0.2, 0.25) is 5.91 Å². The minimum Gasteiger partial charge on any atom is -0.444 e. The molecule has 1 fully saturated rings. The average Bonchev–Trinajstić information content (AvgIpc) is 3.73. The Bertz CT molecular complexity index is 1240. The van der Waals surface area contributed by atoms with Crippen LogP contribution in [-0.2, 0) is 22.5 Å². The number of rotatable bonds is 5. The maximum absolute atomic E-state index is 12.9. The van der Waals surface area contributed by atoms with Crippen LogP contribution in [0.25, 0.3) is 5.57 Å². The number of carbonyl (C=O) groups excluding carboxylic acids is 2. The lowest BCUT2D eigenvalue weighted by atomic mass is 9.95. The molecule has 2 aromatic rings. The van der Waals surface area contributed by atoms with E-state index in [1.165, 1.54) is 29.5 Å². The van der Waals surface area contributed by atoms with E-state index in [9.17, 15) is 9.59 Å². The van der Waals surface area contributed by atoms with E-state index >= 15 is 0 Å². The molecule has 0 spiro atoms. The van der Waals surface area contributed by atoms with Gasteiger partial charge in [0.25, 0.3) is 0 Å². The van der Waals surface area contributed by atoms with E-state index in [1.807, 2.05) is 20.8 Å². The van der Waals surface area contributed by atoms with Crippen LogP contribution in [0.15, 0.2) is 48.5 Å². The van der Waals surface area contributed by atoms with Gasteiger partial charge in [-0.1, -0.05) is 43.3 Å². The minimum absolute atomic E-state index is 0.120. The molecule has 0 N–H and O–H groups in total. The number of carbonyl (C=O) groups is 2. The Hall–Kier alpha value is -3.28. The Balaban J connectivity index is 1.46. The summed E-state index contributed by atoms with van der Waals surface area (Å²) in [6, 6.07) is 15.5. The largest absolute Gasteiger partial charge is 0.444 e. The van der Waals surface area contributed by atoms with E-state index in [0.29, 0.717) is 19.0 Å². The van der Waals surface area contributed by atoms with E-state index in [1.54, 1.807) is 11.8 Å². The van der Waals surface area contributed by atoms with Crippen LogP contribution < -0.4 is 9.80 Å². The summed E-state index contributed by atoms with van der Waals surface area (Å²) in [5, 5.41) is 0. The number of hydrogen-bond acceptors (Lipinski definition) is 4. The molecule has 0 saturated heterocycles. The summed E-state index contributed by atoms with van der Waals surface area (Å²) in [5.41, 5.74) is 6.76. The molecule has 0 bridgehead atoms. The molecule has 3 aliphatic rings. The zero-order valence-electron chi connectivity index (χ0n) is 23.5. The topological polar surface area (TPSA) is 53.1 Å². The standard InChI is InChI=1S/C32H41N3O3/c1-6-23-9-7-8-10-27(23)20-34-21-30(25-11-12-25)35(22(2)36)28-14-13-26(19-29(28)34)24-15-17-33(18-16-24)31(37)38-32(3,4)5/h7-10,13-15,19,25,30H,6,11-12,16-18,20-21H2,1-5H3/t30-/m1/s1. The van der Waals surface area contributed by atoms with Gasteiger partial charge in [-0.05, 0) is 86.8 Å². The van der Waals surface area contributed by atoms with E-state index in [-0.39, 0.29) is 18.0 Å². The maximum atomic E-state index is 12.9. The smallest absolute Gasteiger partial charge is 0.410 e. The second-order valence-corrected chi connectivity index (χ2v) is 11.9. The summed E-state index contributed by atoms with van der Waals surface area (Å²) < 4.78 is 5.56. The lowest BCUT2D eigenvalue weighted by Gasteiger charge is -2.44. The molecule has 2 aliphatic heterocycles. The number of nitrogens with zero attached hydrogens (tertiary/aromatic N) is 3. The van der Waals surface area contributed by atoms with Crippen LogP contribution >= 0.6 is 0 Å². The van der Waals surface area contributed by atoms with Crippen molar-refractivity contribution >= 4 is 28.9 Å².